The van der Waals surface area contributed by atoms with Gasteiger partial charge in [-0.2, -0.15) is 0 Å². The van der Waals surface area contributed by atoms with Crippen molar-refractivity contribution in [2.24, 2.45) is 0 Å². The van der Waals surface area contributed by atoms with Crippen molar-refractivity contribution in [3.63, 3.8) is 0 Å². The van der Waals surface area contributed by atoms with E-state index in [2.05, 4.69) is 31.0 Å². The molecule has 3 unspecified atom stereocenters. The minimum absolute atomic E-state index is 0.0306. The average molecular weight is 238 g/mol. The normalized spacial score (nSPS) is 32.9. The maximum Gasteiger partial charge on any atom is 0.237 e. The van der Waals surface area contributed by atoms with Crippen LogP contribution in [0.3, 0.4) is 0 Å². The Bertz CT molecular complexity index is 263. The predicted molar refractivity (Wildman–Crippen MR) is 69.9 cm³/mol. The van der Waals surface area contributed by atoms with Crippen LogP contribution in [-0.2, 0) is 4.79 Å². The zero-order valence-corrected chi connectivity index (χ0v) is 11.4. The van der Waals surface area contributed by atoms with Crippen LogP contribution in [0, 0.1) is 0 Å². The van der Waals surface area contributed by atoms with E-state index in [-0.39, 0.29) is 11.9 Å². The van der Waals surface area contributed by atoms with Gasteiger partial charge < -0.3 is 5.32 Å². The van der Waals surface area contributed by atoms with Crippen LogP contribution in [-0.4, -0.2) is 35.0 Å². The lowest BCUT2D eigenvalue weighted by atomic mass is 10.1. The van der Waals surface area contributed by atoms with E-state index >= 15 is 0 Å². The first-order chi connectivity index (χ1) is 8.09. The fourth-order valence-electron chi connectivity index (χ4n) is 3.51. The first-order valence-corrected chi connectivity index (χ1v) is 7.17. The van der Waals surface area contributed by atoms with Gasteiger partial charge in [0.15, 0.2) is 0 Å². The van der Waals surface area contributed by atoms with Gasteiger partial charge in [0.2, 0.25) is 5.91 Å². The minimum atomic E-state index is 0.0306. The third-order valence-corrected chi connectivity index (χ3v) is 4.55. The highest BCUT2D eigenvalue weighted by molar-refractivity contribution is 5.81. The van der Waals surface area contributed by atoms with Gasteiger partial charge in [0.1, 0.15) is 0 Å². The van der Waals surface area contributed by atoms with Crippen molar-refractivity contribution in [2.75, 3.05) is 0 Å². The van der Waals surface area contributed by atoms with Crippen LogP contribution in [0.1, 0.15) is 59.3 Å². The summed E-state index contributed by atoms with van der Waals surface area (Å²) in [5, 5.41) is 3.22. The van der Waals surface area contributed by atoms with Gasteiger partial charge in [0.25, 0.3) is 0 Å². The first-order valence-electron chi connectivity index (χ1n) is 7.17. The van der Waals surface area contributed by atoms with Crippen LogP contribution in [0.4, 0.5) is 0 Å². The lowest BCUT2D eigenvalue weighted by Gasteiger charge is -2.32. The highest BCUT2D eigenvalue weighted by Crippen LogP contribution is 2.26. The number of rotatable bonds is 3. The Balaban J connectivity index is 1.89. The Morgan fingerprint density at radius 3 is 2.18 bits per heavy atom. The topological polar surface area (TPSA) is 32.3 Å². The molecular weight excluding hydrogens is 212 g/mol. The molecule has 0 spiro atoms. The predicted octanol–water partition coefficient (Wildman–Crippen LogP) is 2.31. The summed E-state index contributed by atoms with van der Waals surface area (Å²) < 4.78 is 0. The van der Waals surface area contributed by atoms with Crippen LogP contribution in [0.2, 0.25) is 0 Å². The number of nitrogens with zero attached hydrogens (tertiary/aromatic N) is 1. The van der Waals surface area contributed by atoms with E-state index in [4.69, 9.17) is 0 Å². The summed E-state index contributed by atoms with van der Waals surface area (Å²) in [5.74, 6) is 0.234. The molecule has 1 N–H and O–H groups in total. The van der Waals surface area contributed by atoms with Crippen molar-refractivity contribution in [3.05, 3.63) is 0 Å². The van der Waals surface area contributed by atoms with Crippen LogP contribution in [0.25, 0.3) is 0 Å². The van der Waals surface area contributed by atoms with Gasteiger partial charge in [0.05, 0.1) is 6.04 Å². The van der Waals surface area contributed by atoms with E-state index in [1.54, 1.807) is 0 Å². The van der Waals surface area contributed by atoms with Crippen molar-refractivity contribution < 1.29 is 4.79 Å². The second-order valence-corrected chi connectivity index (χ2v) is 5.89. The fraction of sp³-hybridized carbons (Fsp3) is 0.929. The zero-order chi connectivity index (χ0) is 12.4. The molecule has 3 heteroatoms. The van der Waals surface area contributed by atoms with E-state index in [1.807, 2.05) is 0 Å². The van der Waals surface area contributed by atoms with Gasteiger partial charge in [-0.1, -0.05) is 12.8 Å². The van der Waals surface area contributed by atoms with E-state index in [1.165, 1.54) is 38.5 Å². The molecule has 0 radical (unpaired) electrons. The van der Waals surface area contributed by atoms with Gasteiger partial charge in [-0.05, 0) is 46.5 Å². The smallest absolute Gasteiger partial charge is 0.237 e. The summed E-state index contributed by atoms with van der Waals surface area (Å²) in [6, 6.07) is 1.57. The highest BCUT2D eigenvalue weighted by Gasteiger charge is 2.34. The van der Waals surface area contributed by atoms with Crippen molar-refractivity contribution in [1.29, 1.82) is 0 Å². The van der Waals surface area contributed by atoms with Gasteiger partial charge in [-0.25, -0.2) is 0 Å². The number of hydrogen-bond acceptors (Lipinski definition) is 2. The number of likely N-dealkylation sites (tertiary alicyclic amines) is 1. The molecule has 1 saturated heterocycles. The molecule has 2 fully saturated rings. The summed E-state index contributed by atoms with van der Waals surface area (Å²) in [6.45, 7) is 6.54. The molecule has 2 aliphatic rings. The fourth-order valence-corrected chi connectivity index (χ4v) is 3.51. The molecule has 1 heterocycles. The van der Waals surface area contributed by atoms with Crippen molar-refractivity contribution >= 4 is 5.91 Å². The van der Waals surface area contributed by atoms with Crippen molar-refractivity contribution in [1.82, 2.24) is 10.2 Å². The van der Waals surface area contributed by atoms with Gasteiger partial charge in [-0.3, -0.25) is 9.69 Å². The summed E-state index contributed by atoms with van der Waals surface area (Å²) >= 11 is 0. The quantitative estimate of drug-likeness (QED) is 0.818. The second kappa shape index (κ2) is 5.38. The third-order valence-electron chi connectivity index (χ3n) is 4.55. The lowest BCUT2D eigenvalue weighted by molar-refractivity contribution is -0.127. The minimum Gasteiger partial charge on any atom is -0.352 e. The molecule has 1 aliphatic heterocycles. The average Bonchev–Trinajstić information content (AvgIpc) is 2.89. The zero-order valence-electron chi connectivity index (χ0n) is 11.4. The molecular formula is C14H26N2O. The summed E-state index contributed by atoms with van der Waals surface area (Å²) in [6.07, 6.45) is 7.34. The van der Waals surface area contributed by atoms with Crippen LogP contribution < -0.4 is 5.32 Å². The first kappa shape index (κ1) is 12.9. The second-order valence-electron chi connectivity index (χ2n) is 5.89. The highest BCUT2D eigenvalue weighted by atomic mass is 16.2. The summed E-state index contributed by atoms with van der Waals surface area (Å²) in [4.78, 5) is 14.6. The number of carbonyl (C=O) groups is 1. The monoisotopic (exact) mass is 238 g/mol. The van der Waals surface area contributed by atoms with Gasteiger partial charge in [0, 0.05) is 18.1 Å². The Morgan fingerprint density at radius 1 is 1.12 bits per heavy atom. The molecule has 2 rings (SSSR count). The van der Waals surface area contributed by atoms with Crippen molar-refractivity contribution in [3.8, 4) is 0 Å². The van der Waals surface area contributed by atoms with Crippen LogP contribution in [0.15, 0.2) is 0 Å². The van der Waals surface area contributed by atoms with Crippen molar-refractivity contribution in [2.45, 2.75) is 83.5 Å². The Labute approximate surface area is 105 Å². The number of nitrogens with one attached hydrogen (secondary N) is 1. The summed E-state index contributed by atoms with van der Waals surface area (Å²) in [5.41, 5.74) is 0. The lowest BCUT2D eigenvalue weighted by Crippen LogP contribution is -2.50. The molecule has 1 saturated carbocycles. The van der Waals surface area contributed by atoms with Gasteiger partial charge >= 0.3 is 0 Å². The Morgan fingerprint density at radius 2 is 1.65 bits per heavy atom. The van der Waals surface area contributed by atoms with Gasteiger partial charge in [-0.15, -0.1) is 0 Å². The number of carbonyl (C=O) groups excluding carboxylic acids is 1. The van der Waals surface area contributed by atoms with Crippen LogP contribution >= 0.6 is 0 Å². The Hall–Kier alpha value is -0.570. The van der Waals surface area contributed by atoms with E-state index in [9.17, 15) is 4.79 Å². The standard InChI is InChI=1S/C14H26N2O/c1-10-8-9-11(2)16(10)12(3)14(17)15-13-6-4-5-7-13/h10-13H,4-9H2,1-3H3,(H,15,17). The number of hydrogen-bond donors (Lipinski definition) is 1. The Kier molecular flexibility index (Phi) is 4.08. The maximum atomic E-state index is 12.2. The molecule has 1 amide bonds. The molecule has 3 nitrogen and oxygen atoms in total. The van der Waals surface area contributed by atoms with E-state index < -0.39 is 0 Å². The SMILES string of the molecule is CC1CCC(C)N1C(C)C(=O)NC1CCCC1. The van der Waals surface area contributed by atoms with E-state index in [0.29, 0.717) is 18.1 Å². The largest absolute Gasteiger partial charge is 0.352 e. The molecule has 0 bridgehead atoms. The molecule has 98 valence electrons. The van der Waals surface area contributed by atoms with Crippen LogP contribution in [0.5, 0.6) is 0 Å². The molecule has 17 heavy (non-hydrogen) atoms. The molecule has 0 aromatic carbocycles. The molecule has 1 aliphatic carbocycles. The summed E-state index contributed by atoms with van der Waals surface area (Å²) in [7, 11) is 0. The maximum absolute atomic E-state index is 12.2. The van der Waals surface area contributed by atoms with E-state index in [0.717, 1.165) is 0 Å². The molecule has 0 aromatic rings. The molecule has 0 aromatic heterocycles. The molecule has 3 atom stereocenters. The number of amides is 1. The third kappa shape index (κ3) is 2.82.